The summed E-state index contributed by atoms with van der Waals surface area (Å²) in [5.74, 6) is -1.08. The van der Waals surface area contributed by atoms with E-state index in [0.29, 0.717) is 0 Å². The molecule has 0 fully saturated rings. The molecule has 17 heavy (non-hydrogen) atoms. The van der Waals surface area contributed by atoms with Crippen LogP contribution < -0.4 is 4.74 Å². The van der Waals surface area contributed by atoms with Crippen molar-refractivity contribution in [2.45, 2.75) is 6.36 Å². The molecule has 9 heteroatoms. The Hall–Kier alpha value is -0.720. The molecule has 0 atom stereocenters. The number of halogens is 7. The van der Waals surface area contributed by atoms with Crippen molar-refractivity contribution in [3.63, 3.8) is 0 Å². The van der Waals surface area contributed by atoms with Crippen LogP contribution in [0.2, 0.25) is 15.1 Å². The van der Waals surface area contributed by atoms with Crippen LogP contribution in [0.1, 0.15) is 10.4 Å². The van der Waals surface area contributed by atoms with E-state index in [1.165, 1.54) is 0 Å². The third kappa shape index (κ3) is 3.37. The van der Waals surface area contributed by atoms with Gasteiger partial charge in [0.05, 0.1) is 20.6 Å². The highest BCUT2D eigenvalue weighted by Crippen LogP contribution is 2.42. The number of hydrogen-bond acceptors (Lipinski definition) is 2. The van der Waals surface area contributed by atoms with Gasteiger partial charge in [0.15, 0.2) is 5.75 Å². The maximum Gasteiger partial charge on any atom is 0.573 e. The van der Waals surface area contributed by atoms with Gasteiger partial charge in [-0.3, -0.25) is 4.79 Å². The van der Waals surface area contributed by atoms with Gasteiger partial charge < -0.3 is 4.74 Å². The minimum atomic E-state index is -5.09. The number of hydrogen-bond donors (Lipinski definition) is 0. The minimum Gasteiger partial charge on any atom is -0.403 e. The second kappa shape index (κ2) is 4.88. The number of carbonyl (C=O) groups excluding carboxylic acids is 1. The molecular formula is C8HCl3F4O2. The van der Waals surface area contributed by atoms with E-state index in [2.05, 4.69) is 4.74 Å². The van der Waals surface area contributed by atoms with Crippen molar-refractivity contribution < 1.29 is 27.1 Å². The van der Waals surface area contributed by atoms with Crippen molar-refractivity contribution in [2.24, 2.45) is 0 Å². The first-order valence-corrected chi connectivity index (χ1v) is 4.90. The highest BCUT2D eigenvalue weighted by atomic mass is 35.5. The molecule has 0 amide bonds. The third-order valence-corrected chi connectivity index (χ3v) is 2.48. The molecule has 0 saturated carbocycles. The molecule has 0 aromatic heterocycles. The average molecular weight is 311 g/mol. The van der Waals surface area contributed by atoms with Crippen LogP contribution in [0.15, 0.2) is 6.07 Å². The van der Waals surface area contributed by atoms with E-state index < -0.39 is 38.8 Å². The number of benzene rings is 1. The quantitative estimate of drug-likeness (QED) is 0.587. The topological polar surface area (TPSA) is 26.3 Å². The molecule has 1 aromatic carbocycles. The number of ether oxygens (including phenoxy) is 1. The summed E-state index contributed by atoms with van der Waals surface area (Å²) in [5.41, 5.74) is -0.933. The molecule has 0 unspecified atom stereocenters. The maximum absolute atomic E-state index is 12.5. The van der Waals surface area contributed by atoms with Crippen molar-refractivity contribution in [3.8, 4) is 5.75 Å². The van der Waals surface area contributed by atoms with Crippen LogP contribution in [-0.4, -0.2) is 12.4 Å². The van der Waals surface area contributed by atoms with Crippen molar-refractivity contribution in [1.82, 2.24) is 0 Å². The van der Waals surface area contributed by atoms with Crippen LogP contribution in [-0.2, 0) is 0 Å². The first kappa shape index (κ1) is 14.3. The second-order valence-electron chi connectivity index (χ2n) is 2.68. The van der Waals surface area contributed by atoms with Gasteiger partial charge >= 0.3 is 12.4 Å². The number of alkyl halides is 3. The fourth-order valence-corrected chi connectivity index (χ4v) is 1.95. The lowest BCUT2D eigenvalue weighted by Gasteiger charge is -2.13. The lowest BCUT2D eigenvalue weighted by atomic mass is 10.2. The first-order chi connectivity index (χ1) is 7.63. The van der Waals surface area contributed by atoms with Gasteiger partial charge in [-0.2, -0.15) is 4.39 Å². The SMILES string of the molecule is O=C(F)c1c(Cl)cc(Cl)c(OC(F)(F)F)c1Cl. The summed E-state index contributed by atoms with van der Waals surface area (Å²) >= 11 is 16.2. The van der Waals surface area contributed by atoms with Crippen LogP contribution in [0.5, 0.6) is 5.75 Å². The fourth-order valence-electron chi connectivity index (χ4n) is 0.962. The lowest BCUT2D eigenvalue weighted by Crippen LogP contribution is -2.18. The van der Waals surface area contributed by atoms with E-state index in [4.69, 9.17) is 34.8 Å². The van der Waals surface area contributed by atoms with E-state index in [-0.39, 0.29) is 0 Å². The van der Waals surface area contributed by atoms with Crippen LogP contribution >= 0.6 is 34.8 Å². The van der Waals surface area contributed by atoms with Gasteiger partial charge in [0.25, 0.3) is 0 Å². The summed E-state index contributed by atoms with van der Waals surface area (Å²) in [6.07, 6.45) is -5.09. The highest BCUT2D eigenvalue weighted by molar-refractivity contribution is 6.43. The predicted molar refractivity (Wildman–Crippen MR) is 53.6 cm³/mol. The number of carbonyl (C=O) groups is 1. The normalized spacial score (nSPS) is 11.5. The Bertz CT molecular complexity index is 473. The summed E-state index contributed by atoms with van der Waals surface area (Å²) in [6.45, 7) is 0. The molecule has 0 aliphatic rings. The zero-order chi connectivity index (χ0) is 13.4. The highest BCUT2D eigenvalue weighted by Gasteiger charge is 2.34. The molecule has 0 spiro atoms. The van der Waals surface area contributed by atoms with Gasteiger partial charge in [-0.25, -0.2) is 0 Å². The van der Waals surface area contributed by atoms with Crippen LogP contribution in [0, 0.1) is 0 Å². The number of rotatable bonds is 2. The van der Waals surface area contributed by atoms with Gasteiger partial charge in [0.2, 0.25) is 0 Å². The molecule has 94 valence electrons. The summed E-state index contributed by atoms with van der Waals surface area (Å²) in [7, 11) is 0. The fraction of sp³-hybridized carbons (Fsp3) is 0.125. The molecule has 1 rings (SSSR count). The Kier molecular flexibility index (Phi) is 4.11. The molecule has 0 aliphatic heterocycles. The molecule has 0 aliphatic carbocycles. The van der Waals surface area contributed by atoms with Gasteiger partial charge in [0.1, 0.15) is 0 Å². The van der Waals surface area contributed by atoms with Crippen molar-refractivity contribution in [3.05, 3.63) is 26.7 Å². The maximum atomic E-state index is 12.5. The van der Waals surface area contributed by atoms with Crippen LogP contribution in [0.25, 0.3) is 0 Å². The summed E-state index contributed by atoms with van der Waals surface area (Å²) in [5, 5.41) is -2.04. The van der Waals surface area contributed by atoms with Crippen LogP contribution in [0.3, 0.4) is 0 Å². The average Bonchev–Trinajstić information content (AvgIpc) is 2.09. The van der Waals surface area contributed by atoms with E-state index in [1.807, 2.05) is 0 Å². The summed E-state index contributed by atoms with van der Waals surface area (Å²) in [6, 6.07) is -1.37. The standard InChI is InChI=1S/C8HCl3F4O2/c9-2-1-3(10)6(17-8(13,14)15)5(11)4(2)7(12)16/h1H. The Balaban J connectivity index is 3.41. The molecule has 2 nitrogen and oxygen atoms in total. The van der Waals surface area contributed by atoms with E-state index >= 15 is 0 Å². The summed E-state index contributed by atoms with van der Waals surface area (Å²) < 4.78 is 51.9. The van der Waals surface area contributed by atoms with E-state index in [1.54, 1.807) is 0 Å². The van der Waals surface area contributed by atoms with Gasteiger partial charge in [-0.15, -0.1) is 13.2 Å². The molecule has 1 aromatic rings. The molecule has 0 radical (unpaired) electrons. The minimum absolute atomic E-state index is 0.512. The monoisotopic (exact) mass is 310 g/mol. The molecule has 0 N–H and O–H groups in total. The molecular weight excluding hydrogens is 310 g/mol. The Morgan fingerprint density at radius 3 is 2.12 bits per heavy atom. The van der Waals surface area contributed by atoms with Crippen molar-refractivity contribution in [1.29, 1.82) is 0 Å². The van der Waals surface area contributed by atoms with Crippen molar-refractivity contribution in [2.75, 3.05) is 0 Å². The second-order valence-corrected chi connectivity index (χ2v) is 3.87. The predicted octanol–water partition coefficient (Wildman–Crippen LogP) is 4.66. The zero-order valence-electron chi connectivity index (χ0n) is 7.54. The largest absolute Gasteiger partial charge is 0.573 e. The zero-order valence-corrected chi connectivity index (χ0v) is 9.81. The lowest BCUT2D eigenvalue weighted by molar-refractivity contribution is -0.274. The Labute approximate surface area is 107 Å². The molecule has 0 heterocycles. The molecule has 0 bridgehead atoms. The van der Waals surface area contributed by atoms with Crippen molar-refractivity contribution >= 4 is 40.8 Å². The summed E-state index contributed by atoms with van der Waals surface area (Å²) in [4.78, 5) is 10.5. The van der Waals surface area contributed by atoms with Gasteiger partial charge in [0, 0.05) is 0 Å². The van der Waals surface area contributed by atoms with Gasteiger partial charge in [-0.1, -0.05) is 34.8 Å². The Morgan fingerprint density at radius 2 is 1.71 bits per heavy atom. The van der Waals surface area contributed by atoms with Gasteiger partial charge in [-0.05, 0) is 6.07 Å². The van der Waals surface area contributed by atoms with E-state index in [0.717, 1.165) is 6.07 Å². The smallest absolute Gasteiger partial charge is 0.403 e. The molecule has 0 saturated heterocycles. The first-order valence-electron chi connectivity index (χ1n) is 3.76. The Morgan fingerprint density at radius 1 is 1.18 bits per heavy atom. The van der Waals surface area contributed by atoms with E-state index in [9.17, 15) is 22.4 Å². The third-order valence-electron chi connectivity index (χ3n) is 1.54. The van der Waals surface area contributed by atoms with Crippen LogP contribution in [0.4, 0.5) is 17.6 Å².